The quantitative estimate of drug-likeness (QED) is 0.708. The maximum absolute atomic E-state index is 10.1. The van der Waals surface area contributed by atoms with Crippen molar-refractivity contribution in [3.8, 4) is 0 Å². The van der Waals surface area contributed by atoms with Crippen molar-refractivity contribution in [1.29, 1.82) is 0 Å². The zero-order valence-corrected chi connectivity index (χ0v) is 10.8. The van der Waals surface area contributed by atoms with Crippen molar-refractivity contribution in [2.45, 2.75) is 59.0 Å². The monoisotopic (exact) mass is 220 g/mol. The van der Waals surface area contributed by atoms with Crippen LogP contribution in [-0.2, 0) is 0 Å². The van der Waals surface area contributed by atoms with E-state index in [0.29, 0.717) is 0 Å². The van der Waals surface area contributed by atoms with Gasteiger partial charge in [-0.2, -0.15) is 0 Å². The van der Waals surface area contributed by atoms with Gasteiger partial charge < -0.3 is 5.11 Å². The van der Waals surface area contributed by atoms with Crippen molar-refractivity contribution >= 4 is 0 Å². The lowest BCUT2D eigenvalue weighted by Gasteiger charge is -2.14. The fourth-order valence-electron chi connectivity index (χ4n) is 2.04. The summed E-state index contributed by atoms with van der Waals surface area (Å²) in [5.74, 6) is 0. The van der Waals surface area contributed by atoms with Crippen LogP contribution in [0.1, 0.15) is 61.8 Å². The topological polar surface area (TPSA) is 20.2 Å². The molecule has 1 atom stereocenters. The van der Waals surface area contributed by atoms with Crippen LogP contribution in [0.25, 0.3) is 0 Å². The largest absolute Gasteiger partial charge is 0.388 e. The summed E-state index contributed by atoms with van der Waals surface area (Å²) < 4.78 is 0. The van der Waals surface area contributed by atoms with Crippen LogP contribution in [0.5, 0.6) is 0 Å². The Morgan fingerprint density at radius 2 is 1.88 bits per heavy atom. The molecule has 1 heteroatoms. The Labute approximate surface area is 99.5 Å². The van der Waals surface area contributed by atoms with Crippen molar-refractivity contribution in [3.05, 3.63) is 34.9 Å². The summed E-state index contributed by atoms with van der Waals surface area (Å²) in [5, 5.41) is 10.1. The number of hydrogen-bond acceptors (Lipinski definition) is 1. The molecule has 0 fully saturated rings. The second kappa shape index (κ2) is 6.70. The average Bonchev–Trinajstić information content (AvgIpc) is 2.27. The third kappa shape index (κ3) is 3.97. The third-order valence-corrected chi connectivity index (χ3v) is 3.12. The van der Waals surface area contributed by atoms with Crippen LogP contribution in [0, 0.1) is 13.8 Å². The summed E-state index contributed by atoms with van der Waals surface area (Å²) >= 11 is 0. The van der Waals surface area contributed by atoms with Crippen LogP contribution in [0.4, 0.5) is 0 Å². The fraction of sp³-hybridized carbons (Fsp3) is 0.600. The molecule has 1 unspecified atom stereocenters. The van der Waals surface area contributed by atoms with E-state index in [4.69, 9.17) is 0 Å². The number of aliphatic hydroxyl groups is 1. The van der Waals surface area contributed by atoms with Gasteiger partial charge in [-0.15, -0.1) is 0 Å². The van der Waals surface area contributed by atoms with Crippen molar-refractivity contribution in [2.24, 2.45) is 0 Å². The first-order chi connectivity index (χ1) is 7.65. The first-order valence-corrected chi connectivity index (χ1v) is 6.40. The van der Waals surface area contributed by atoms with Crippen LogP contribution >= 0.6 is 0 Å². The molecule has 0 radical (unpaired) electrons. The summed E-state index contributed by atoms with van der Waals surface area (Å²) in [4.78, 5) is 0. The maximum atomic E-state index is 10.1. The number of rotatable bonds is 6. The fourth-order valence-corrected chi connectivity index (χ4v) is 2.04. The van der Waals surface area contributed by atoms with Gasteiger partial charge in [0.2, 0.25) is 0 Å². The summed E-state index contributed by atoms with van der Waals surface area (Å²) in [5.41, 5.74) is 3.54. The molecule has 90 valence electrons. The molecule has 1 rings (SSSR count). The van der Waals surface area contributed by atoms with E-state index in [-0.39, 0.29) is 6.10 Å². The van der Waals surface area contributed by atoms with E-state index in [1.165, 1.54) is 30.4 Å². The van der Waals surface area contributed by atoms with Crippen molar-refractivity contribution in [1.82, 2.24) is 0 Å². The molecule has 1 N–H and O–H groups in total. The normalized spacial score (nSPS) is 12.8. The van der Waals surface area contributed by atoms with Gasteiger partial charge in [0.15, 0.2) is 0 Å². The second-order valence-corrected chi connectivity index (χ2v) is 4.73. The molecular formula is C15H24O. The molecule has 0 heterocycles. The molecule has 0 aliphatic rings. The molecule has 0 spiro atoms. The SMILES string of the molecule is CCCCCCC(O)c1cc(C)ccc1C. The molecular weight excluding hydrogens is 196 g/mol. The minimum absolute atomic E-state index is 0.281. The van der Waals surface area contributed by atoms with E-state index in [9.17, 15) is 5.11 Å². The lowest BCUT2D eigenvalue weighted by Crippen LogP contribution is -2.00. The number of benzene rings is 1. The van der Waals surface area contributed by atoms with Gasteiger partial charge in [-0.25, -0.2) is 0 Å². The van der Waals surface area contributed by atoms with E-state index in [0.717, 1.165) is 18.4 Å². The number of aliphatic hydroxyl groups excluding tert-OH is 1. The van der Waals surface area contributed by atoms with Crippen molar-refractivity contribution < 1.29 is 5.11 Å². The van der Waals surface area contributed by atoms with Crippen molar-refractivity contribution in [3.63, 3.8) is 0 Å². The number of unbranched alkanes of at least 4 members (excludes halogenated alkanes) is 3. The summed E-state index contributed by atoms with van der Waals surface area (Å²) in [6.07, 6.45) is 5.50. The first kappa shape index (κ1) is 13.2. The van der Waals surface area contributed by atoms with Gasteiger partial charge in [-0.3, -0.25) is 0 Å². The van der Waals surface area contributed by atoms with E-state index >= 15 is 0 Å². The van der Waals surface area contributed by atoms with Crippen molar-refractivity contribution in [2.75, 3.05) is 0 Å². The molecule has 0 saturated heterocycles. The van der Waals surface area contributed by atoms with Gasteiger partial charge in [0.1, 0.15) is 0 Å². The highest BCUT2D eigenvalue weighted by molar-refractivity contribution is 5.32. The highest BCUT2D eigenvalue weighted by atomic mass is 16.3. The zero-order valence-electron chi connectivity index (χ0n) is 10.8. The van der Waals surface area contributed by atoms with E-state index < -0.39 is 0 Å². The summed E-state index contributed by atoms with van der Waals surface area (Å²) in [6, 6.07) is 6.31. The Hall–Kier alpha value is -0.820. The minimum atomic E-state index is -0.281. The molecule has 1 nitrogen and oxygen atoms in total. The first-order valence-electron chi connectivity index (χ1n) is 6.40. The van der Waals surface area contributed by atoms with E-state index in [1.807, 2.05) is 0 Å². The van der Waals surface area contributed by atoms with Crippen LogP contribution in [0.15, 0.2) is 18.2 Å². The highest BCUT2D eigenvalue weighted by Crippen LogP contribution is 2.24. The summed E-state index contributed by atoms with van der Waals surface area (Å²) in [7, 11) is 0. The lowest BCUT2D eigenvalue weighted by molar-refractivity contribution is 0.162. The van der Waals surface area contributed by atoms with Crippen LogP contribution < -0.4 is 0 Å². The molecule has 0 saturated carbocycles. The third-order valence-electron chi connectivity index (χ3n) is 3.12. The Morgan fingerprint density at radius 1 is 1.12 bits per heavy atom. The van der Waals surface area contributed by atoms with Crippen LogP contribution in [0.3, 0.4) is 0 Å². The zero-order chi connectivity index (χ0) is 12.0. The predicted octanol–water partition coefficient (Wildman–Crippen LogP) is 4.31. The molecule has 1 aromatic carbocycles. The van der Waals surface area contributed by atoms with Gasteiger partial charge >= 0.3 is 0 Å². The van der Waals surface area contributed by atoms with E-state index in [1.54, 1.807) is 0 Å². The summed E-state index contributed by atoms with van der Waals surface area (Å²) in [6.45, 7) is 6.36. The van der Waals surface area contributed by atoms with Crippen LogP contribution in [-0.4, -0.2) is 5.11 Å². The molecule has 16 heavy (non-hydrogen) atoms. The highest BCUT2D eigenvalue weighted by Gasteiger charge is 2.09. The predicted molar refractivity (Wildman–Crippen MR) is 69.6 cm³/mol. The maximum Gasteiger partial charge on any atom is 0.0792 e. The van der Waals surface area contributed by atoms with Gasteiger partial charge in [0.25, 0.3) is 0 Å². The molecule has 0 amide bonds. The Bertz CT molecular complexity index is 317. The van der Waals surface area contributed by atoms with Gasteiger partial charge in [-0.05, 0) is 31.4 Å². The number of hydrogen-bond donors (Lipinski definition) is 1. The van der Waals surface area contributed by atoms with E-state index in [2.05, 4.69) is 39.0 Å². The Morgan fingerprint density at radius 3 is 2.56 bits per heavy atom. The molecule has 0 aliphatic carbocycles. The molecule has 0 bridgehead atoms. The molecule has 0 aromatic heterocycles. The molecule has 1 aromatic rings. The minimum Gasteiger partial charge on any atom is -0.388 e. The van der Waals surface area contributed by atoms with Gasteiger partial charge in [0.05, 0.1) is 6.10 Å². The standard InChI is InChI=1S/C15H24O/c1-4-5-6-7-8-15(16)14-11-12(2)9-10-13(14)3/h9-11,15-16H,4-8H2,1-3H3. The average molecular weight is 220 g/mol. The Kier molecular flexibility index (Phi) is 5.54. The van der Waals surface area contributed by atoms with Crippen LogP contribution in [0.2, 0.25) is 0 Å². The number of aryl methyl sites for hydroxylation is 2. The van der Waals surface area contributed by atoms with Gasteiger partial charge in [0, 0.05) is 0 Å². The second-order valence-electron chi connectivity index (χ2n) is 4.73. The Balaban J connectivity index is 2.51. The van der Waals surface area contributed by atoms with Gasteiger partial charge in [-0.1, -0.05) is 56.4 Å². The molecule has 0 aliphatic heterocycles. The smallest absolute Gasteiger partial charge is 0.0792 e. The lowest BCUT2D eigenvalue weighted by atomic mass is 9.97.